The molecule has 3 heterocycles. The van der Waals surface area contributed by atoms with Gasteiger partial charge < -0.3 is 20.1 Å². The molecule has 2 aromatic heterocycles. The lowest BCUT2D eigenvalue weighted by Gasteiger charge is -2.32. The van der Waals surface area contributed by atoms with Gasteiger partial charge in [0.05, 0.1) is 23.1 Å². The van der Waals surface area contributed by atoms with Crippen molar-refractivity contribution < 1.29 is 4.79 Å². The predicted octanol–water partition coefficient (Wildman–Crippen LogP) is 3.57. The third-order valence-corrected chi connectivity index (χ3v) is 5.97. The van der Waals surface area contributed by atoms with Crippen molar-refractivity contribution in [3.63, 3.8) is 0 Å². The quantitative estimate of drug-likeness (QED) is 0.506. The first kappa shape index (κ1) is 20.0. The second-order valence-corrected chi connectivity index (χ2v) is 8.14. The molecule has 1 atom stereocenters. The molecule has 1 aliphatic rings. The van der Waals surface area contributed by atoms with Crippen molar-refractivity contribution in [2.45, 2.75) is 33.0 Å². The maximum absolute atomic E-state index is 12.1. The Hall–Kier alpha value is -3.94. The number of aromatic nitrogens is 4. The normalized spacial score (nSPS) is 15.5. The van der Waals surface area contributed by atoms with E-state index in [4.69, 9.17) is 0 Å². The number of hydrogen-bond acceptors (Lipinski definition) is 6. The summed E-state index contributed by atoms with van der Waals surface area (Å²) in [4.78, 5) is 27.6. The fourth-order valence-corrected chi connectivity index (χ4v) is 3.90. The van der Waals surface area contributed by atoms with Crippen molar-refractivity contribution in [3.05, 3.63) is 71.7 Å². The van der Waals surface area contributed by atoms with E-state index in [1.54, 1.807) is 0 Å². The van der Waals surface area contributed by atoms with E-state index in [9.17, 15) is 4.79 Å². The lowest BCUT2D eigenvalue weighted by molar-refractivity contribution is -0.117. The number of likely N-dealkylation sites (N-methyl/N-ethyl adjacent to an activating group) is 1. The maximum Gasteiger partial charge on any atom is 0.246 e. The van der Waals surface area contributed by atoms with Crippen molar-refractivity contribution in [3.8, 4) is 0 Å². The summed E-state index contributed by atoms with van der Waals surface area (Å²) >= 11 is 0. The van der Waals surface area contributed by atoms with Crippen LogP contribution in [-0.4, -0.2) is 38.5 Å². The number of para-hydroxylation sites is 2. The van der Waals surface area contributed by atoms with Crippen LogP contribution in [-0.2, 0) is 17.9 Å². The molecular weight excluding hydrogens is 402 g/mol. The Morgan fingerprint density at radius 3 is 2.62 bits per heavy atom. The van der Waals surface area contributed by atoms with E-state index in [1.165, 1.54) is 5.56 Å². The van der Waals surface area contributed by atoms with Gasteiger partial charge in [-0.3, -0.25) is 4.79 Å². The topological polar surface area (TPSA) is 88.0 Å². The van der Waals surface area contributed by atoms with Crippen molar-refractivity contribution in [2.24, 2.45) is 0 Å². The van der Waals surface area contributed by atoms with E-state index >= 15 is 0 Å². The highest BCUT2D eigenvalue weighted by atomic mass is 16.2. The Bertz CT molecular complexity index is 1300. The molecule has 0 unspecified atom stereocenters. The summed E-state index contributed by atoms with van der Waals surface area (Å²) in [7, 11) is 1.88. The van der Waals surface area contributed by atoms with E-state index in [2.05, 4.69) is 60.5 Å². The lowest BCUT2D eigenvalue weighted by Crippen LogP contribution is -2.44. The monoisotopic (exact) mass is 427 g/mol. The zero-order chi connectivity index (χ0) is 22.2. The second-order valence-electron chi connectivity index (χ2n) is 8.14. The molecule has 1 amide bonds. The average Bonchev–Trinajstić information content (AvgIpc) is 3.21. The Morgan fingerprint density at radius 2 is 1.81 bits per heavy atom. The van der Waals surface area contributed by atoms with Gasteiger partial charge in [-0.25, -0.2) is 9.97 Å². The Morgan fingerprint density at radius 1 is 1.06 bits per heavy atom. The van der Waals surface area contributed by atoms with Gasteiger partial charge in [-0.05, 0) is 37.1 Å². The SMILES string of the molecule is Cc1nc(NCc2ccc(Cn3cnc4ccccc43)cc2)nc2c1NC(=O)[C@H](C)N2C. The number of carbonyl (C=O) groups is 1. The molecule has 0 fully saturated rings. The van der Waals surface area contributed by atoms with Crippen LogP contribution in [0.4, 0.5) is 17.5 Å². The van der Waals surface area contributed by atoms with Crippen LogP contribution in [0.15, 0.2) is 54.9 Å². The van der Waals surface area contributed by atoms with Crippen LogP contribution >= 0.6 is 0 Å². The van der Waals surface area contributed by atoms with Crippen LogP contribution in [0.5, 0.6) is 0 Å². The third kappa shape index (κ3) is 3.64. The second kappa shape index (κ2) is 7.96. The highest BCUT2D eigenvalue weighted by Gasteiger charge is 2.30. The van der Waals surface area contributed by atoms with E-state index in [1.807, 2.05) is 50.3 Å². The largest absolute Gasteiger partial charge is 0.350 e. The summed E-state index contributed by atoms with van der Waals surface area (Å²) in [5.41, 5.74) is 5.91. The number of rotatable bonds is 5. The lowest BCUT2D eigenvalue weighted by atomic mass is 10.1. The summed E-state index contributed by atoms with van der Waals surface area (Å²) in [6, 6.07) is 16.4. The number of aryl methyl sites for hydroxylation is 1. The first-order valence-electron chi connectivity index (χ1n) is 10.6. The number of hydrogen-bond donors (Lipinski definition) is 2. The van der Waals surface area contributed by atoms with Gasteiger partial charge in [0, 0.05) is 20.1 Å². The summed E-state index contributed by atoms with van der Waals surface area (Å²) < 4.78 is 2.16. The molecule has 0 bridgehead atoms. The first-order chi connectivity index (χ1) is 15.5. The highest BCUT2D eigenvalue weighted by Crippen LogP contribution is 2.32. The number of anilines is 3. The molecule has 162 valence electrons. The fraction of sp³-hybridized carbons (Fsp3) is 0.250. The van der Waals surface area contributed by atoms with Crippen LogP contribution in [0.25, 0.3) is 11.0 Å². The Kier molecular flexibility index (Phi) is 4.97. The van der Waals surface area contributed by atoms with Crippen LogP contribution in [0.2, 0.25) is 0 Å². The number of imidazole rings is 1. The van der Waals surface area contributed by atoms with Crippen LogP contribution in [0.3, 0.4) is 0 Å². The number of amides is 1. The van der Waals surface area contributed by atoms with E-state index in [0.29, 0.717) is 18.2 Å². The smallest absolute Gasteiger partial charge is 0.246 e. The minimum absolute atomic E-state index is 0.0452. The number of carbonyl (C=O) groups excluding carboxylic acids is 1. The molecule has 8 nitrogen and oxygen atoms in total. The maximum atomic E-state index is 12.1. The fourth-order valence-electron chi connectivity index (χ4n) is 3.90. The Balaban J connectivity index is 1.28. The number of nitrogens with zero attached hydrogens (tertiary/aromatic N) is 5. The van der Waals surface area contributed by atoms with E-state index < -0.39 is 0 Å². The van der Waals surface area contributed by atoms with Crippen molar-refractivity contribution >= 4 is 34.4 Å². The molecule has 4 aromatic rings. The van der Waals surface area contributed by atoms with Gasteiger partial charge in [-0.2, -0.15) is 4.98 Å². The molecule has 0 saturated heterocycles. The van der Waals surface area contributed by atoms with Gasteiger partial charge in [-0.15, -0.1) is 0 Å². The number of benzene rings is 2. The van der Waals surface area contributed by atoms with Crippen molar-refractivity contribution in [2.75, 3.05) is 22.6 Å². The minimum Gasteiger partial charge on any atom is -0.350 e. The number of nitrogens with one attached hydrogen (secondary N) is 2. The molecule has 32 heavy (non-hydrogen) atoms. The van der Waals surface area contributed by atoms with Crippen LogP contribution in [0.1, 0.15) is 23.7 Å². The van der Waals surface area contributed by atoms with Gasteiger partial charge in [-0.1, -0.05) is 36.4 Å². The summed E-state index contributed by atoms with van der Waals surface area (Å²) in [5, 5.41) is 6.22. The van der Waals surface area contributed by atoms with Crippen molar-refractivity contribution in [1.29, 1.82) is 0 Å². The van der Waals surface area contributed by atoms with E-state index in [0.717, 1.165) is 34.7 Å². The standard InChI is InChI=1S/C24H25N7O/c1-15-21-22(30(3)16(2)23(32)28-21)29-24(27-15)25-12-17-8-10-18(11-9-17)13-31-14-26-19-6-4-5-7-20(19)31/h4-11,14,16H,12-13H2,1-3H3,(H,28,32)(H,25,27,29)/t16-/m0/s1. The zero-order valence-corrected chi connectivity index (χ0v) is 18.3. The van der Waals surface area contributed by atoms with Crippen LogP contribution < -0.4 is 15.5 Å². The molecule has 0 saturated carbocycles. The van der Waals surface area contributed by atoms with Crippen molar-refractivity contribution in [1.82, 2.24) is 19.5 Å². The Labute approximate surface area is 186 Å². The van der Waals surface area contributed by atoms with Gasteiger partial charge in [0.25, 0.3) is 0 Å². The zero-order valence-electron chi connectivity index (χ0n) is 18.3. The molecule has 8 heteroatoms. The average molecular weight is 428 g/mol. The number of fused-ring (bicyclic) bond motifs is 2. The molecule has 2 aromatic carbocycles. The first-order valence-corrected chi connectivity index (χ1v) is 10.6. The van der Waals surface area contributed by atoms with E-state index in [-0.39, 0.29) is 11.9 Å². The molecule has 1 aliphatic heterocycles. The molecular formula is C24H25N7O. The van der Waals surface area contributed by atoms with Gasteiger partial charge in [0.2, 0.25) is 11.9 Å². The summed E-state index contributed by atoms with van der Waals surface area (Å²) in [6.45, 7) is 5.12. The van der Waals surface area contributed by atoms with Gasteiger partial charge in [0.15, 0.2) is 5.82 Å². The molecule has 0 aliphatic carbocycles. The summed E-state index contributed by atoms with van der Waals surface area (Å²) in [6.07, 6.45) is 1.89. The molecule has 0 radical (unpaired) electrons. The van der Waals surface area contributed by atoms with Crippen LogP contribution in [0, 0.1) is 6.92 Å². The minimum atomic E-state index is -0.273. The third-order valence-electron chi connectivity index (χ3n) is 5.97. The highest BCUT2D eigenvalue weighted by molar-refractivity contribution is 6.03. The van der Waals surface area contributed by atoms with Gasteiger partial charge >= 0.3 is 0 Å². The molecule has 0 spiro atoms. The summed E-state index contributed by atoms with van der Waals surface area (Å²) in [5.74, 6) is 1.23. The predicted molar refractivity (Wildman–Crippen MR) is 126 cm³/mol. The van der Waals surface area contributed by atoms with Gasteiger partial charge in [0.1, 0.15) is 11.7 Å². The molecule has 5 rings (SSSR count). The molecule has 2 N–H and O–H groups in total.